The molecule has 2 aliphatic heterocycles. The molecule has 2 saturated heterocycles. The molecule has 0 radical (unpaired) electrons. The van der Waals surface area contributed by atoms with Crippen LogP contribution in [-0.4, -0.2) is 42.1 Å². The molecule has 1 N–H and O–H groups in total. The molecule has 0 bridgehead atoms. The van der Waals surface area contributed by atoms with Crippen LogP contribution in [0.25, 0.3) is 0 Å². The van der Waals surface area contributed by atoms with Crippen LogP contribution in [0.15, 0.2) is 42.5 Å². The van der Waals surface area contributed by atoms with Crippen LogP contribution >= 0.6 is 0 Å². The number of ether oxygens (including phenoxy) is 1. The number of piperidine rings is 1. The summed E-state index contributed by atoms with van der Waals surface area (Å²) >= 11 is 0. The summed E-state index contributed by atoms with van der Waals surface area (Å²) in [4.78, 5) is 14.9. The van der Waals surface area contributed by atoms with E-state index in [-0.39, 0.29) is 48.0 Å². The van der Waals surface area contributed by atoms with Crippen molar-refractivity contribution in [1.29, 1.82) is 0 Å². The summed E-state index contributed by atoms with van der Waals surface area (Å²) < 4.78 is 101. The summed E-state index contributed by atoms with van der Waals surface area (Å²) in [6.45, 7) is 5.49. The van der Waals surface area contributed by atoms with Crippen LogP contribution in [0.3, 0.4) is 0 Å². The fraction of sp³-hybridized carbons (Fsp3) is 0.536. The molecule has 2 fully saturated rings. The van der Waals surface area contributed by atoms with Crippen molar-refractivity contribution in [1.82, 2.24) is 10.2 Å². The zero-order valence-electron chi connectivity index (χ0n) is 22.0. The van der Waals surface area contributed by atoms with Crippen LogP contribution in [0.5, 0.6) is 0 Å². The minimum atomic E-state index is -4.98. The first kappa shape index (κ1) is 29.3. The molecule has 2 aliphatic rings. The van der Waals surface area contributed by atoms with E-state index >= 15 is 0 Å². The molecule has 11 heteroatoms. The number of amides is 1. The van der Waals surface area contributed by atoms with Crippen molar-refractivity contribution in [2.45, 2.75) is 75.7 Å². The summed E-state index contributed by atoms with van der Waals surface area (Å²) in [7, 11) is 1.81. The van der Waals surface area contributed by atoms with Gasteiger partial charge in [-0.15, -0.1) is 0 Å². The number of hydrogen-bond donors (Lipinski definition) is 1. The molecule has 214 valence electrons. The third-order valence-corrected chi connectivity index (χ3v) is 8.24. The largest absolute Gasteiger partial charge is 0.416 e. The molecule has 0 spiro atoms. The van der Waals surface area contributed by atoms with Gasteiger partial charge in [-0.1, -0.05) is 12.1 Å². The Morgan fingerprint density at radius 3 is 2.05 bits per heavy atom. The number of nitrogens with zero attached hydrogens (tertiary/aromatic N) is 1. The third kappa shape index (κ3) is 6.09. The van der Waals surface area contributed by atoms with E-state index in [1.165, 1.54) is 19.1 Å². The lowest BCUT2D eigenvalue weighted by molar-refractivity contribution is -0.143. The number of rotatable bonds is 6. The zero-order chi connectivity index (χ0) is 28.9. The average Bonchev–Trinajstić information content (AvgIpc) is 3.21. The van der Waals surface area contributed by atoms with Crippen molar-refractivity contribution in [2.75, 3.05) is 13.6 Å². The van der Waals surface area contributed by atoms with E-state index in [9.17, 15) is 35.5 Å². The minimum Gasteiger partial charge on any atom is -0.368 e. The van der Waals surface area contributed by atoms with Crippen LogP contribution < -0.4 is 5.32 Å². The lowest BCUT2D eigenvalue weighted by atomic mass is 9.74. The minimum absolute atomic E-state index is 0.0341. The van der Waals surface area contributed by atoms with Gasteiger partial charge in [-0.3, -0.25) is 4.79 Å². The molecular formula is C28H31F7N2O2. The topological polar surface area (TPSA) is 41.6 Å². The predicted octanol–water partition coefficient (Wildman–Crippen LogP) is 6.71. The third-order valence-electron chi connectivity index (χ3n) is 8.24. The van der Waals surface area contributed by atoms with Gasteiger partial charge in [-0.2, -0.15) is 26.3 Å². The molecular weight excluding hydrogens is 529 g/mol. The fourth-order valence-corrected chi connectivity index (χ4v) is 5.71. The number of carbonyl (C=O) groups is 1. The second kappa shape index (κ2) is 10.4. The highest BCUT2D eigenvalue weighted by molar-refractivity contribution is 5.78. The Balaban J connectivity index is 1.70. The van der Waals surface area contributed by atoms with Gasteiger partial charge in [0.05, 0.1) is 23.3 Å². The summed E-state index contributed by atoms with van der Waals surface area (Å²) in [5.74, 6) is -1.06. The molecule has 4 rings (SSSR count). The number of fused-ring (bicyclic) bond motifs is 1. The number of alkyl halides is 6. The van der Waals surface area contributed by atoms with Gasteiger partial charge in [-0.25, -0.2) is 4.39 Å². The first-order chi connectivity index (χ1) is 18.0. The number of benzene rings is 2. The summed E-state index contributed by atoms with van der Waals surface area (Å²) in [5.41, 5.74) is -2.81. The van der Waals surface area contributed by atoms with Crippen molar-refractivity contribution >= 4 is 5.91 Å². The van der Waals surface area contributed by atoms with Gasteiger partial charge in [0, 0.05) is 30.5 Å². The highest BCUT2D eigenvalue weighted by Gasteiger charge is 2.51. The molecule has 2 aromatic carbocycles. The van der Waals surface area contributed by atoms with Crippen LogP contribution in [0.2, 0.25) is 0 Å². The SMILES string of the molecule is CNC(C)(C)C1CC(=O)N2C[C@H](O[C@H](C)c3cc(C(F)(F)F)cc(C(F)(F)F)c3)[C@@H](c3ccc(F)cc3)[C@@H]2C1. The van der Waals surface area contributed by atoms with E-state index < -0.39 is 47.4 Å². The first-order valence-corrected chi connectivity index (χ1v) is 12.7. The van der Waals surface area contributed by atoms with Gasteiger partial charge in [0.15, 0.2) is 0 Å². The van der Waals surface area contributed by atoms with Gasteiger partial charge in [0.1, 0.15) is 5.82 Å². The second-order valence-corrected chi connectivity index (χ2v) is 11.0. The monoisotopic (exact) mass is 560 g/mol. The quantitative estimate of drug-likeness (QED) is 0.400. The molecule has 2 aromatic rings. The Bertz CT molecular complexity index is 1160. The van der Waals surface area contributed by atoms with E-state index in [1.54, 1.807) is 24.1 Å². The normalized spacial score (nSPS) is 25.1. The van der Waals surface area contributed by atoms with Gasteiger partial charge < -0.3 is 15.0 Å². The summed E-state index contributed by atoms with van der Waals surface area (Å²) in [6, 6.07) is 6.77. The number of hydrogen-bond acceptors (Lipinski definition) is 3. The van der Waals surface area contributed by atoms with Gasteiger partial charge >= 0.3 is 12.4 Å². The molecule has 1 unspecified atom stereocenters. The summed E-state index contributed by atoms with van der Waals surface area (Å²) in [6.07, 6.45) is -11.0. The van der Waals surface area contributed by atoms with E-state index in [0.717, 1.165) is 0 Å². The first-order valence-electron chi connectivity index (χ1n) is 12.7. The van der Waals surface area contributed by atoms with Crippen LogP contribution in [0.4, 0.5) is 30.7 Å². The predicted molar refractivity (Wildman–Crippen MR) is 130 cm³/mol. The van der Waals surface area contributed by atoms with Crippen molar-refractivity contribution < 1.29 is 40.3 Å². The number of nitrogens with one attached hydrogen (secondary N) is 1. The molecule has 0 aliphatic carbocycles. The highest BCUT2D eigenvalue weighted by atomic mass is 19.4. The van der Waals surface area contributed by atoms with E-state index in [1.807, 2.05) is 13.8 Å². The smallest absolute Gasteiger partial charge is 0.368 e. The second-order valence-electron chi connectivity index (χ2n) is 11.0. The lowest BCUT2D eigenvalue weighted by Crippen LogP contribution is -2.53. The summed E-state index contributed by atoms with van der Waals surface area (Å²) in [5, 5.41) is 3.24. The van der Waals surface area contributed by atoms with Crippen molar-refractivity contribution in [3.8, 4) is 0 Å². The molecule has 0 aromatic heterocycles. The Kier molecular flexibility index (Phi) is 7.81. The maximum absolute atomic E-state index is 13.7. The average molecular weight is 561 g/mol. The molecule has 2 heterocycles. The Morgan fingerprint density at radius 1 is 0.974 bits per heavy atom. The molecule has 4 nitrogen and oxygen atoms in total. The van der Waals surface area contributed by atoms with Crippen LogP contribution in [-0.2, 0) is 21.9 Å². The van der Waals surface area contributed by atoms with Crippen LogP contribution in [0.1, 0.15) is 67.9 Å². The van der Waals surface area contributed by atoms with E-state index in [0.29, 0.717) is 24.1 Å². The fourth-order valence-electron chi connectivity index (χ4n) is 5.71. The number of carbonyl (C=O) groups excluding carboxylic acids is 1. The maximum Gasteiger partial charge on any atom is 0.416 e. The Morgan fingerprint density at radius 2 is 1.54 bits per heavy atom. The zero-order valence-corrected chi connectivity index (χ0v) is 22.0. The highest BCUT2D eigenvalue weighted by Crippen LogP contribution is 2.46. The Hall–Kier alpha value is -2.66. The number of halogens is 7. The van der Waals surface area contributed by atoms with Gasteiger partial charge in [0.2, 0.25) is 5.91 Å². The van der Waals surface area contributed by atoms with Crippen molar-refractivity contribution in [3.05, 3.63) is 70.5 Å². The molecule has 1 amide bonds. The lowest BCUT2D eigenvalue weighted by Gasteiger charge is -2.43. The van der Waals surface area contributed by atoms with Gasteiger partial charge in [0.25, 0.3) is 0 Å². The Labute approximate surface area is 222 Å². The molecule has 0 saturated carbocycles. The van der Waals surface area contributed by atoms with E-state index in [4.69, 9.17) is 4.74 Å². The van der Waals surface area contributed by atoms with Crippen LogP contribution in [0, 0.1) is 11.7 Å². The molecule has 5 atom stereocenters. The molecule has 39 heavy (non-hydrogen) atoms. The maximum atomic E-state index is 13.7. The van der Waals surface area contributed by atoms with E-state index in [2.05, 4.69) is 5.32 Å². The van der Waals surface area contributed by atoms with Crippen molar-refractivity contribution in [3.63, 3.8) is 0 Å². The van der Waals surface area contributed by atoms with Crippen molar-refractivity contribution in [2.24, 2.45) is 5.92 Å². The van der Waals surface area contributed by atoms with Gasteiger partial charge in [-0.05, 0) is 81.6 Å². The standard InChI is InChI=1S/C28H31F7N2O2/c1-15(17-9-19(27(30,31)32)11-20(10-17)28(33,34)35)39-23-14-37-22(25(23)16-5-7-21(29)8-6-16)12-18(13-24(37)38)26(2,3)36-4/h5-11,15,18,22-23,25,36H,12-14H2,1-4H3/t15-,18?,22+,23+,25+/m1/s1.